The summed E-state index contributed by atoms with van der Waals surface area (Å²) in [5.41, 5.74) is 0.899. The Morgan fingerprint density at radius 2 is 2.10 bits per heavy atom. The minimum Gasteiger partial charge on any atom is -0.497 e. The number of hydrogen-bond donors (Lipinski definition) is 2. The van der Waals surface area contributed by atoms with Crippen molar-refractivity contribution >= 4 is 21.6 Å². The van der Waals surface area contributed by atoms with Gasteiger partial charge in [0.1, 0.15) is 5.75 Å². The highest BCUT2D eigenvalue weighted by Gasteiger charge is 2.07. The van der Waals surface area contributed by atoms with Gasteiger partial charge in [0.2, 0.25) is 0 Å². The Bertz CT molecular complexity index is 401. The van der Waals surface area contributed by atoms with Gasteiger partial charge in [-0.2, -0.15) is 0 Å². The molecular weight excluding hydrogens is 334 g/mol. The molecule has 0 aromatic heterocycles. The summed E-state index contributed by atoms with van der Waals surface area (Å²) >= 11 is 3.47. The van der Waals surface area contributed by atoms with Crippen LogP contribution >= 0.6 is 15.9 Å². The quantitative estimate of drug-likeness (QED) is 0.589. The molecule has 120 valence electrons. The summed E-state index contributed by atoms with van der Waals surface area (Å²) in [6.07, 6.45) is 4.21. The highest BCUT2D eigenvalue weighted by atomic mass is 79.9. The zero-order chi connectivity index (χ0) is 15.5. The molecule has 0 aliphatic carbocycles. The first-order valence-corrected chi connectivity index (χ1v) is 8.30. The van der Waals surface area contributed by atoms with E-state index in [1.807, 2.05) is 18.2 Å². The van der Waals surface area contributed by atoms with E-state index in [1.54, 1.807) is 7.11 Å². The van der Waals surface area contributed by atoms with E-state index in [9.17, 15) is 5.11 Å². The van der Waals surface area contributed by atoms with Crippen molar-refractivity contribution in [2.75, 3.05) is 32.2 Å². The van der Waals surface area contributed by atoms with Crippen LogP contribution in [0.25, 0.3) is 0 Å². The zero-order valence-electron chi connectivity index (χ0n) is 12.9. The lowest BCUT2D eigenvalue weighted by atomic mass is 10.2. The SMILES string of the molecule is CCCCCCOCC(O)CNc1cc(OC)ccc1Br. The Morgan fingerprint density at radius 1 is 1.29 bits per heavy atom. The molecule has 0 amide bonds. The maximum Gasteiger partial charge on any atom is 0.121 e. The Hall–Kier alpha value is -0.780. The van der Waals surface area contributed by atoms with Crippen molar-refractivity contribution in [1.29, 1.82) is 0 Å². The molecule has 0 spiro atoms. The number of halogens is 1. The third kappa shape index (κ3) is 7.69. The molecule has 1 rings (SSSR count). The van der Waals surface area contributed by atoms with Crippen LogP contribution in [0.15, 0.2) is 22.7 Å². The molecule has 0 saturated heterocycles. The van der Waals surface area contributed by atoms with E-state index < -0.39 is 6.10 Å². The van der Waals surface area contributed by atoms with E-state index in [1.165, 1.54) is 19.3 Å². The minimum atomic E-state index is -0.519. The van der Waals surface area contributed by atoms with Crippen molar-refractivity contribution in [2.45, 2.75) is 38.7 Å². The third-order valence-corrected chi connectivity index (χ3v) is 3.85. The maximum atomic E-state index is 9.90. The number of benzene rings is 1. The predicted octanol–water partition coefficient (Wildman–Crippen LogP) is 3.83. The van der Waals surface area contributed by atoms with Gasteiger partial charge in [-0.25, -0.2) is 0 Å². The maximum absolute atomic E-state index is 9.90. The van der Waals surface area contributed by atoms with E-state index >= 15 is 0 Å². The molecule has 1 atom stereocenters. The second-order valence-electron chi connectivity index (χ2n) is 5.02. The average molecular weight is 360 g/mol. The number of unbranched alkanes of at least 4 members (excludes halogenated alkanes) is 3. The second-order valence-corrected chi connectivity index (χ2v) is 5.87. The Labute approximate surface area is 136 Å². The van der Waals surface area contributed by atoms with E-state index in [2.05, 4.69) is 28.2 Å². The summed E-state index contributed by atoms with van der Waals surface area (Å²) in [6.45, 7) is 3.72. The fourth-order valence-corrected chi connectivity index (χ4v) is 2.29. The lowest BCUT2D eigenvalue weighted by Crippen LogP contribution is -2.25. The molecule has 0 radical (unpaired) electrons. The lowest BCUT2D eigenvalue weighted by Gasteiger charge is -2.15. The first kappa shape index (κ1) is 18.3. The van der Waals surface area contributed by atoms with E-state index in [-0.39, 0.29) is 0 Å². The van der Waals surface area contributed by atoms with Gasteiger partial charge in [-0.3, -0.25) is 0 Å². The van der Waals surface area contributed by atoms with Gasteiger partial charge in [0.05, 0.1) is 25.5 Å². The fourth-order valence-electron chi connectivity index (χ4n) is 1.90. The number of ether oxygens (including phenoxy) is 2. The molecule has 0 fully saturated rings. The summed E-state index contributed by atoms with van der Waals surface area (Å²) in [4.78, 5) is 0. The molecule has 0 saturated carbocycles. The number of nitrogens with one attached hydrogen (secondary N) is 1. The van der Waals surface area contributed by atoms with Crippen molar-refractivity contribution in [2.24, 2.45) is 0 Å². The van der Waals surface area contributed by atoms with Crippen LogP contribution in [0.1, 0.15) is 32.6 Å². The standard InChI is InChI=1S/C16H26BrNO3/c1-3-4-5-6-9-21-12-13(19)11-18-16-10-14(20-2)7-8-15(16)17/h7-8,10,13,18-19H,3-6,9,11-12H2,1-2H3. The Kier molecular flexibility index (Phi) is 9.46. The number of hydrogen-bond acceptors (Lipinski definition) is 4. The molecule has 0 aliphatic rings. The Morgan fingerprint density at radius 3 is 2.81 bits per heavy atom. The van der Waals surface area contributed by atoms with Gasteiger partial charge in [0, 0.05) is 23.7 Å². The smallest absolute Gasteiger partial charge is 0.121 e. The Balaban J connectivity index is 2.22. The predicted molar refractivity (Wildman–Crippen MR) is 90.2 cm³/mol. The van der Waals surface area contributed by atoms with Gasteiger partial charge in [0.15, 0.2) is 0 Å². The van der Waals surface area contributed by atoms with Crippen LogP contribution in [0, 0.1) is 0 Å². The fraction of sp³-hybridized carbons (Fsp3) is 0.625. The molecule has 1 unspecified atom stereocenters. The van der Waals surface area contributed by atoms with Crippen LogP contribution in [0.5, 0.6) is 5.75 Å². The number of methoxy groups -OCH3 is 1. The highest BCUT2D eigenvalue weighted by Crippen LogP contribution is 2.26. The molecule has 21 heavy (non-hydrogen) atoms. The highest BCUT2D eigenvalue weighted by molar-refractivity contribution is 9.10. The molecule has 4 nitrogen and oxygen atoms in total. The summed E-state index contributed by atoms with van der Waals surface area (Å²) in [7, 11) is 1.63. The van der Waals surface area contributed by atoms with Crippen LogP contribution in [0.2, 0.25) is 0 Å². The monoisotopic (exact) mass is 359 g/mol. The van der Waals surface area contributed by atoms with Crippen LogP contribution in [0.4, 0.5) is 5.69 Å². The van der Waals surface area contributed by atoms with E-state index in [4.69, 9.17) is 9.47 Å². The van der Waals surface area contributed by atoms with Gasteiger partial charge in [-0.05, 0) is 34.5 Å². The number of rotatable bonds is 11. The van der Waals surface area contributed by atoms with Crippen LogP contribution in [-0.4, -0.2) is 38.1 Å². The summed E-state index contributed by atoms with van der Waals surface area (Å²) < 4.78 is 11.6. The minimum absolute atomic E-state index is 0.362. The van der Waals surface area contributed by atoms with Gasteiger partial charge in [-0.1, -0.05) is 26.2 Å². The average Bonchev–Trinajstić information content (AvgIpc) is 2.50. The van der Waals surface area contributed by atoms with Gasteiger partial charge < -0.3 is 19.9 Å². The number of anilines is 1. The van der Waals surface area contributed by atoms with Crippen LogP contribution in [0.3, 0.4) is 0 Å². The van der Waals surface area contributed by atoms with Gasteiger partial charge in [-0.15, -0.1) is 0 Å². The summed E-state index contributed by atoms with van der Waals surface area (Å²) in [5.74, 6) is 0.780. The van der Waals surface area contributed by atoms with Crippen molar-refractivity contribution in [3.05, 3.63) is 22.7 Å². The molecule has 2 N–H and O–H groups in total. The van der Waals surface area contributed by atoms with Crippen LogP contribution in [-0.2, 0) is 4.74 Å². The topological polar surface area (TPSA) is 50.7 Å². The van der Waals surface area contributed by atoms with Crippen molar-refractivity contribution in [1.82, 2.24) is 0 Å². The third-order valence-electron chi connectivity index (χ3n) is 3.15. The first-order chi connectivity index (χ1) is 10.2. The van der Waals surface area contributed by atoms with Gasteiger partial charge >= 0.3 is 0 Å². The van der Waals surface area contributed by atoms with Crippen molar-refractivity contribution < 1.29 is 14.6 Å². The molecule has 0 bridgehead atoms. The van der Waals surface area contributed by atoms with Crippen LogP contribution < -0.4 is 10.1 Å². The van der Waals surface area contributed by atoms with E-state index in [0.29, 0.717) is 13.2 Å². The number of aliphatic hydroxyl groups is 1. The lowest BCUT2D eigenvalue weighted by molar-refractivity contribution is 0.0416. The largest absolute Gasteiger partial charge is 0.497 e. The van der Waals surface area contributed by atoms with E-state index in [0.717, 1.165) is 28.9 Å². The molecule has 1 aromatic rings. The molecule has 0 aliphatic heterocycles. The summed E-state index contributed by atoms with van der Waals surface area (Å²) in [5, 5.41) is 13.1. The first-order valence-electron chi connectivity index (χ1n) is 7.50. The zero-order valence-corrected chi connectivity index (χ0v) is 14.5. The molecular formula is C16H26BrNO3. The normalized spacial score (nSPS) is 12.2. The van der Waals surface area contributed by atoms with Crippen molar-refractivity contribution in [3.63, 3.8) is 0 Å². The summed E-state index contributed by atoms with van der Waals surface area (Å²) in [6, 6.07) is 5.69. The second kappa shape index (κ2) is 10.9. The van der Waals surface area contributed by atoms with Crippen molar-refractivity contribution in [3.8, 4) is 5.75 Å². The molecule has 5 heteroatoms. The molecule has 0 heterocycles. The number of aliphatic hydroxyl groups excluding tert-OH is 1. The van der Waals surface area contributed by atoms with Gasteiger partial charge in [0.25, 0.3) is 0 Å². The molecule has 1 aromatic carbocycles.